The summed E-state index contributed by atoms with van der Waals surface area (Å²) in [5, 5.41) is 11.6. The molecule has 2 N–H and O–H groups in total. The van der Waals surface area contributed by atoms with Gasteiger partial charge in [0.25, 0.3) is 5.91 Å². The fraction of sp³-hybridized carbons (Fsp3) is 0.353. The fourth-order valence-electron chi connectivity index (χ4n) is 2.56. The van der Waals surface area contributed by atoms with E-state index in [1.54, 1.807) is 12.1 Å². The highest BCUT2D eigenvalue weighted by Gasteiger charge is 2.18. The summed E-state index contributed by atoms with van der Waals surface area (Å²) in [5.41, 5.74) is 3.88. The van der Waals surface area contributed by atoms with Crippen LogP contribution in [-0.2, 0) is 0 Å². The van der Waals surface area contributed by atoms with Crippen LogP contribution in [0, 0.1) is 0 Å². The Bertz CT molecular complexity index is 724. The van der Waals surface area contributed by atoms with Gasteiger partial charge < -0.3 is 14.7 Å². The smallest absolute Gasteiger partial charge is 0.275 e. The minimum absolute atomic E-state index is 0.0819. The van der Waals surface area contributed by atoms with Crippen molar-refractivity contribution < 1.29 is 14.6 Å². The zero-order valence-corrected chi connectivity index (χ0v) is 14.6. The average molecular weight is 347 g/mol. The van der Waals surface area contributed by atoms with E-state index in [-0.39, 0.29) is 11.7 Å². The van der Waals surface area contributed by atoms with Gasteiger partial charge in [-0.3, -0.25) is 10.2 Å². The number of amides is 1. The molecule has 0 unspecified atom stereocenters. The number of thiophene rings is 1. The van der Waals surface area contributed by atoms with Gasteiger partial charge >= 0.3 is 0 Å². The summed E-state index contributed by atoms with van der Waals surface area (Å²) in [5.74, 6) is 0.441. The molecule has 24 heavy (non-hydrogen) atoms. The normalized spacial score (nSPS) is 16.1. The number of ether oxygens (including phenoxy) is 1. The first kappa shape index (κ1) is 16.8. The average Bonchev–Trinajstić information content (AvgIpc) is 3.07. The Balaban J connectivity index is 1.70. The lowest BCUT2D eigenvalue weighted by Crippen LogP contribution is -2.52. The van der Waals surface area contributed by atoms with Crippen LogP contribution < -0.4 is 10.2 Å². The van der Waals surface area contributed by atoms with Crippen LogP contribution >= 0.6 is 11.3 Å². The lowest BCUT2D eigenvalue weighted by atomic mass is 10.1. The number of rotatable bonds is 4. The summed E-state index contributed by atoms with van der Waals surface area (Å²) in [6, 6.07) is 8.91. The molecule has 128 valence electrons. The molecule has 0 saturated carbocycles. The molecule has 0 bridgehead atoms. The summed E-state index contributed by atoms with van der Waals surface area (Å²) in [7, 11) is 3.60. The van der Waals surface area contributed by atoms with Crippen LogP contribution in [0.2, 0.25) is 0 Å². The van der Waals surface area contributed by atoms with E-state index in [1.807, 2.05) is 23.2 Å². The van der Waals surface area contributed by atoms with Crippen molar-refractivity contribution in [2.75, 3.05) is 40.3 Å². The minimum atomic E-state index is -0.0819. The van der Waals surface area contributed by atoms with Crippen LogP contribution in [0.25, 0.3) is 10.4 Å². The van der Waals surface area contributed by atoms with E-state index in [4.69, 9.17) is 4.74 Å². The molecule has 1 fully saturated rings. The van der Waals surface area contributed by atoms with Gasteiger partial charge in [-0.15, -0.1) is 11.3 Å². The van der Waals surface area contributed by atoms with Gasteiger partial charge in [-0.05, 0) is 42.9 Å². The molecule has 0 atom stereocenters. The molecule has 0 aliphatic carbocycles. The third kappa shape index (κ3) is 3.69. The topological polar surface area (TPSA) is 65.0 Å². The van der Waals surface area contributed by atoms with Gasteiger partial charge in [0.15, 0.2) is 11.5 Å². The minimum Gasteiger partial charge on any atom is -0.504 e. The Morgan fingerprint density at radius 3 is 2.67 bits per heavy atom. The van der Waals surface area contributed by atoms with Crippen molar-refractivity contribution in [3.63, 3.8) is 0 Å². The number of aromatic hydroxyl groups is 1. The van der Waals surface area contributed by atoms with E-state index in [1.165, 1.54) is 18.4 Å². The van der Waals surface area contributed by atoms with Crippen LogP contribution in [0.5, 0.6) is 11.5 Å². The van der Waals surface area contributed by atoms with Gasteiger partial charge in [0, 0.05) is 31.1 Å². The van der Waals surface area contributed by atoms with Crippen LogP contribution in [0.15, 0.2) is 30.3 Å². The van der Waals surface area contributed by atoms with Crippen molar-refractivity contribution in [3.8, 4) is 21.9 Å². The number of nitrogens with zero attached hydrogens (tertiary/aromatic N) is 2. The zero-order valence-electron chi connectivity index (χ0n) is 13.8. The van der Waals surface area contributed by atoms with E-state index in [0.717, 1.165) is 36.6 Å². The Hall–Kier alpha value is -2.09. The lowest BCUT2D eigenvalue weighted by Gasteiger charge is -2.32. The molecule has 7 heteroatoms. The van der Waals surface area contributed by atoms with Crippen LogP contribution in [0.4, 0.5) is 0 Å². The molecular weight excluding hydrogens is 326 g/mol. The van der Waals surface area contributed by atoms with Crippen molar-refractivity contribution in [2.45, 2.75) is 0 Å². The third-order valence-corrected chi connectivity index (χ3v) is 5.19. The number of hydrogen-bond donors (Lipinski definition) is 2. The number of hydrazine groups is 1. The number of carbonyl (C=O) groups is 1. The van der Waals surface area contributed by atoms with Crippen molar-refractivity contribution in [3.05, 3.63) is 35.2 Å². The van der Waals surface area contributed by atoms with Gasteiger partial charge in [-0.2, -0.15) is 0 Å². The number of methoxy groups -OCH3 is 1. The Kier molecular flexibility index (Phi) is 5.03. The third-order valence-electron chi connectivity index (χ3n) is 4.06. The van der Waals surface area contributed by atoms with Crippen molar-refractivity contribution in [1.82, 2.24) is 15.3 Å². The van der Waals surface area contributed by atoms with Gasteiger partial charge in [0.1, 0.15) is 0 Å². The summed E-state index contributed by atoms with van der Waals surface area (Å²) in [4.78, 5) is 16.3. The molecule has 6 nitrogen and oxygen atoms in total. The maximum atomic E-state index is 12.4. The predicted molar refractivity (Wildman–Crippen MR) is 94.5 cm³/mol. The molecule has 1 aromatic carbocycles. The second-order valence-electron chi connectivity index (χ2n) is 5.78. The second kappa shape index (κ2) is 7.21. The lowest BCUT2D eigenvalue weighted by molar-refractivity contribution is 0.0666. The molecule has 1 saturated heterocycles. The number of nitrogens with one attached hydrogen (secondary N) is 1. The Labute approximate surface area is 145 Å². The van der Waals surface area contributed by atoms with Crippen molar-refractivity contribution in [2.24, 2.45) is 0 Å². The summed E-state index contributed by atoms with van der Waals surface area (Å²) in [6.07, 6.45) is 0. The van der Waals surface area contributed by atoms with Crippen LogP contribution in [-0.4, -0.2) is 61.3 Å². The first-order valence-corrected chi connectivity index (χ1v) is 8.60. The number of phenols is 1. The zero-order chi connectivity index (χ0) is 17.1. The van der Waals surface area contributed by atoms with Gasteiger partial charge in [-0.25, -0.2) is 5.01 Å². The molecular formula is C17H21N3O3S. The molecule has 1 aliphatic heterocycles. The molecule has 1 aromatic heterocycles. The van der Waals surface area contributed by atoms with Crippen molar-refractivity contribution >= 4 is 17.2 Å². The highest BCUT2D eigenvalue weighted by Crippen LogP contribution is 2.34. The van der Waals surface area contributed by atoms with Gasteiger partial charge in [0.05, 0.1) is 12.0 Å². The highest BCUT2D eigenvalue weighted by molar-refractivity contribution is 7.17. The summed E-state index contributed by atoms with van der Waals surface area (Å²) in [6.45, 7) is 3.55. The summed E-state index contributed by atoms with van der Waals surface area (Å²) >= 11 is 1.42. The molecule has 0 spiro atoms. The maximum absolute atomic E-state index is 12.4. The molecule has 2 heterocycles. The van der Waals surface area contributed by atoms with E-state index in [0.29, 0.717) is 10.6 Å². The monoisotopic (exact) mass is 347 g/mol. The number of hydrogen-bond acceptors (Lipinski definition) is 6. The Morgan fingerprint density at radius 1 is 1.21 bits per heavy atom. The van der Waals surface area contributed by atoms with Gasteiger partial charge in [-0.1, -0.05) is 0 Å². The van der Waals surface area contributed by atoms with E-state index in [9.17, 15) is 9.90 Å². The van der Waals surface area contributed by atoms with E-state index >= 15 is 0 Å². The standard InChI is InChI=1S/C17H21N3O3S/c1-19-7-9-20(10-8-19)18-17(22)16-6-5-15(24-16)12-3-4-13(21)14(11-12)23-2/h3-6,11,21H,7-10H2,1-2H3,(H,18,22). The Morgan fingerprint density at radius 2 is 1.96 bits per heavy atom. The molecule has 3 rings (SSSR count). The first-order valence-electron chi connectivity index (χ1n) is 7.78. The quantitative estimate of drug-likeness (QED) is 0.886. The van der Waals surface area contributed by atoms with Crippen molar-refractivity contribution in [1.29, 1.82) is 0 Å². The van der Waals surface area contributed by atoms with Crippen LogP contribution in [0.3, 0.4) is 0 Å². The number of phenolic OH excluding ortho intramolecular Hbond substituents is 1. The largest absolute Gasteiger partial charge is 0.504 e. The molecule has 2 aromatic rings. The maximum Gasteiger partial charge on any atom is 0.275 e. The first-order chi connectivity index (χ1) is 11.6. The second-order valence-corrected chi connectivity index (χ2v) is 6.87. The highest BCUT2D eigenvalue weighted by atomic mass is 32.1. The summed E-state index contributed by atoms with van der Waals surface area (Å²) < 4.78 is 5.14. The SMILES string of the molecule is COc1cc(-c2ccc(C(=O)NN3CCN(C)CC3)s2)ccc1O. The molecule has 0 radical (unpaired) electrons. The number of piperazine rings is 1. The van der Waals surface area contributed by atoms with Gasteiger partial charge in [0.2, 0.25) is 0 Å². The van der Waals surface area contributed by atoms with E-state index < -0.39 is 0 Å². The number of likely N-dealkylation sites (N-methyl/N-ethyl adjacent to an activating group) is 1. The number of benzene rings is 1. The number of carbonyl (C=O) groups excluding carboxylic acids is 1. The van der Waals surface area contributed by atoms with E-state index in [2.05, 4.69) is 17.4 Å². The fourth-order valence-corrected chi connectivity index (χ4v) is 3.46. The molecule has 1 amide bonds. The molecule has 1 aliphatic rings. The van der Waals surface area contributed by atoms with Crippen LogP contribution in [0.1, 0.15) is 9.67 Å². The predicted octanol–water partition coefficient (Wildman–Crippen LogP) is 2.02.